The predicted molar refractivity (Wildman–Crippen MR) is 103 cm³/mol. The minimum absolute atomic E-state index is 0.0869. The Kier molecular flexibility index (Phi) is 20.9. The molecule has 192 valence electrons. The van der Waals surface area contributed by atoms with Crippen LogP contribution in [0.3, 0.4) is 0 Å². The predicted octanol–water partition coefficient (Wildman–Crippen LogP) is -7.44. The van der Waals surface area contributed by atoms with E-state index >= 15 is 0 Å². The zero-order valence-corrected chi connectivity index (χ0v) is 17.4. The Hall–Kier alpha value is -1.47. The first-order valence-electron chi connectivity index (χ1n) is 9.09. The Morgan fingerprint density at radius 1 is 0.500 bits per heavy atom. The third-order valence-corrected chi connectivity index (χ3v) is 3.74. The second-order valence-electron chi connectivity index (χ2n) is 6.56. The van der Waals surface area contributed by atoms with Gasteiger partial charge in [0.1, 0.15) is 54.9 Å². The number of aldehydes is 3. The number of hydrogen-bond donors (Lipinski definition) is 12. The van der Waals surface area contributed by atoms with E-state index in [-0.39, 0.29) is 18.9 Å². The molecule has 0 spiro atoms. The molecular weight excluding hydrogens is 444 g/mol. The summed E-state index contributed by atoms with van der Waals surface area (Å²) in [4.78, 5) is 29.5. The lowest BCUT2D eigenvalue weighted by Crippen LogP contribution is -2.43. The van der Waals surface area contributed by atoms with Crippen LogP contribution in [0.25, 0.3) is 0 Å². The maximum absolute atomic E-state index is 9.87. The van der Waals surface area contributed by atoms with Crippen LogP contribution in [0.1, 0.15) is 13.8 Å². The van der Waals surface area contributed by atoms with Crippen LogP contribution >= 0.6 is 0 Å². The van der Waals surface area contributed by atoms with Crippen molar-refractivity contribution in [2.45, 2.75) is 81.0 Å². The van der Waals surface area contributed by atoms with Gasteiger partial charge in [-0.15, -0.1) is 0 Å². The molecule has 0 aliphatic rings. The second kappa shape index (κ2) is 19.0. The highest BCUT2D eigenvalue weighted by Gasteiger charge is 2.28. The fraction of sp³-hybridized carbons (Fsp3) is 0.824. The highest BCUT2D eigenvalue weighted by molar-refractivity contribution is 5.57. The van der Waals surface area contributed by atoms with Crippen molar-refractivity contribution in [1.29, 1.82) is 0 Å². The Morgan fingerprint density at radius 2 is 0.750 bits per heavy atom. The second-order valence-corrected chi connectivity index (χ2v) is 6.56. The van der Waals surface area contributed by atoms with E-state index in [1.165, 1.54) is 13.8 Å². The van der Waals surface area contributed by atoms with Crippen molar-refractivity contribution in [3.8, 4) is 0 Å². The van der Waals surface area contributed by atoms with Crippen molar-refractivity contribution in [3.63, 3.8) is 0 Å². The maximum Gasteiger partial charge on any atom is 0.151 e. The molecule has 0 aliphatic carbocycles. The van der Waals surface area contributed by atoms with E-state index in [0.29, 0.717) is 0 Å². The molecule has 11 atom stereocenters. The van der Waals surface area contributed by atoms with Gasteiger partial charge in [-0.05, 0) is 13.8 Å². The number of aliphatic hydroxyl groups is 12. The van der Waals surface area contributed by atoms with Gasteiger partial charge in [0.05, 0.1) is 18.8 Å². The van der Waals surface area contributed by atoms with Crippen molar-refractivity contribution in [2.75, 3.05) is 6.61 Å². The molecule has 0 fully saturated rings. The first-order valence-corrected chi connectivity index (χ1v) is 9.09. The summed E-state index contributed by atoms with van der Waals surface area (Å²) < 4.78 is 0. The fourth-order valence-corrected chi connectivity index (χ4v) is 1.55. The standard InChI is InChI=1S/2C6H12O5.C5H10O5/c2*1-3(8)5(10)6(11)4(9)2-7;6-1-3(8)5(10)4(9)2-7/h2*2-6,8-11H,1H3;1,3-5,7-10H,2H2/t3-,4+,5+,6-;3-,4-,5-,6-;3-,4+,5-/m000/s1. The third-order valence-electron chi connectivity index (χ3n) is 3.74. The van der Waals surface area contributed by atoms with Gasteiger partial charge in [0.15, 0.2) is 18.9 Å². The van der Waals surface area contributed by atoms with Crippen LogP contribution in [0, 0.1) is 0 Å². The third kappa shape index (κ3) is 14.6. The van der Waals surface area contributed by atoms with E-state index in [4.69, 9.17) is 61.3 Å². The summed E-state index contributed by atoms with van der Waals surface area (Å²) in [5.74, 6) is 0. The van der Waals surface area contributed by atoms with Crippen LogP contribution < -0.4 is 0 Å². The van der Waals surface area contributed by atoms with Crippen LogP contribution in [0.15, 0.2) is 0 Å². The molecule has 0 bridgehead atoms. The van der Waals surface area contributed by atoms with Crippen LogP contribution in [0.2, 0.25) is 0 Å². The molecule has 0 saturated heterocycles. The van der Waals surface area contributed by atoms with Gasteiger partial charge in [0, 0.05) is 0 Å². The van der Waals surface area contributed by atoms with Crippen molar-refractivity contribution < 1.29 is 75.7 Å². The number of carbonyl (C=O) groups excluding carboxylic acids is 3. The number of hydrogen-bond acceptors (Lipinski definition) is 15. The number of aliphatic hydroxyl groups excluding tert-OH is 12. The van der Waals surface area contributed by atoms with E-state index in [9.17, 15) is 14.4 Å². The molecule has 0 aromatic rings. The van der Waals surface area contributed by atoms with Gasteiger partial charge in [-0.25, -0.2) is 0 Å². The average molecular weight is 478 g/mol. The van der Waals surface area contributed by atoms with Crippen molar-refractivity contribution in [2.24, 2.45) is 0 Å². The van der Waals surface area contributed by atoms with E-state index in [0.717, 1.165) is 0 Å². The molecule has 0 heterocycles. The minimum Gasteiger partial charge on any atom is -0.394 e. The van der Waals surface area contributed by atoms with E-state index in [1.807, 2.05) is 0 Å². The molecule has 0 aromatic carbocycles. The first-order chi connectivity index (χ1) is 14.6. The topological polar surface area (TPSA) is 294 Å². The zero-order chi connectivity index (χ0) is 26.2. The lowest BCUT2D eigenvalue weighted by Gasteiger charge is -2.21. The summed E-state index contributed by atoms with van der Waals surface area (Å²) in [6, 6.07) is 0. The molecule has 32 heavy (non-hydrogen) atoms. The molecule has 0 amide bonds. The average Bonchev–Trinajstić information content (AvgIpc) is 2.79. The SMILES string of the molecule is C[C@H](O)[C@@H](O)[C@@H](O)[C@H](O)C=O.C[C@H](O)[C@H](O)[C@@H](O)[C@@H](O)C=O.O=C[C@H](O)[C@H](O)[C@H](O)CO. The summed E-state index contributed by atoms with van der Waals surface area (Å²) in [6.07, 6.45) is -16.4. The number of rotatable bonds is 12. The molecule has 15 heteroatoms. The summed E-state index contributed by atoms with van der Waals surface area (Å²) in [5.41, 5.74) is 0. The molecule has 0 unspecified atom stereocenters. The molecule has 0 rings (SSSR count). The van der Waals surface area contributed by atoms with Crippen molar-refractivity contribution in [3.05, 3.63) is 0 Å². The van der Waals surface area contributed by atoms with Crippen LogP contribution in [0.5, 0.6) is 0 Å². The Labute approximate surface area is 183 Å². The number of carbonyl (C=O) groups is 3. The summed E-state index contributed by atoms with van der Waals surface area (Å²) in [5, 5.41) is 104. The van der Waals surface area contributed by atoms with E-state index in [1.54, 1.807) is 0 Å². The smallest absolute Gasteiger partial charge is 0.151 e. The van der Waals surface area contributed by atoms with E-state index in [2.05, 4.69) is 0 Å². The Balaban J connectivity index is -0.000000395. The Morgan fingerprint density at radius 3 is 0.938 bits per heavy atom. The highest BCUT2D eigenvalue weighted by Crippen LogP contribution is 2.03. The largest absolute Gasteiger partial charge is 0.394 e. The summed E-state index contributed by atoms with van der Waals surface area (Å²) in [6.45, 7) is 1.79. The molecule has 0 aromatic heterocycles. The van der Waals surface area contributed by atoms with Gasteiger partial charge in [-0.1, -0.05) is 0 Å². The zero-order valence-electron chi connectivity index (χ0n) is 17.4. The molecular formula is C17H34O15. The van der Waals surface area contributed by atoms with Crippen molar-refractivity contribution in [1.82, 2.24) is 0 Å². The van der Waals surface area contributed by atoms with Gasteiger partial charge in [0.25, 0.3) is 0 Å². The van der Waals surface area contributed by atoms with Gasteiger partial charge in [-0.3, -0.25) is 0 Å². The molecule has 0 aliphatic heterocycles. The van der Waals surface area contributed by atoms with Crippen molar-refractivity contribution >= 4 is 18.9 Å². The van der Waals surface area contributed by atoms with Gasteiger partial charge in [0.2, 0.25) is 0 Å². The van der Waals surface area contributed by atoms with Crippen LogP contribution in [0.4, 0.5) is 0 Å². The van der Waals surface area contributed by atoms with Gasteiger partial charge < -0.3 is 75.7 Å². The summed E-state index contributed by atoms with van der Waals surface area (Å²) in [7, 11) is 0. The summed E-state index contributed by atoms with van der Waals surface area (Å²) >= 11 is 0. The van der Waals surface area contributed by atoms with Crippen LogP contribution in [-0.4, -0.2) is 154 Å². The first kappa shape index (κ1) is 35.1. The quantitative estimate of drug-likeness (QED) is 0.116. The van der Waals surface area contributed by atoms with Gasteiger partial charge in [-0.2, -0.15) is 0 Å². The van der Waals surface area contributed by atoms with Gasteiger partial charge >= 0.3 is 0 Å². The lowest BCUT2D eigenvalue weighted by molar-refractivity contribution is -0.132. The highest BCUT2D eigenvalue weighted by atomic mass is 16.4. The molecule has 15 nitrogen and oxygen atoms in total. The molecule has 0 radical (unpaired) electrons. The monoisotopic (exact) mass is 478 g/mol. The van der Waals surface area contributed by atoms with E-state index < -0.39 is 73.8 Å². The Bertz CT molecular complexity index is 459. The maximum atomic E-state index is 9.87. The van der Waals surface area contributed by atoms with Crippen LogP contribution in [-0.2, 0) is 14.4 Å². The molecule has 12 N–H and O–H groups in total. The molecule has 0 saturated carbocycles. The fourth-order valence-electron chi connectivity index (χ4n) is 1.55. The normalized spacial score (nSPS) is 21.2. The minimum atomic E-state index is -1.65. The lowest BCUT2D eigenvalue weighted by atomic mass is 10.1.